The Morgan fingerprint density at radius 3 is 2.58 bits per heavy atom. The molecule has 0 atom stereocenters. The second kappa shape index (κ2) is 8.98. The Hall–Kier alpha value is -2.15. The smallest absolute Gasteiger partial charge is 0.255 e. The van der Waals surface area contributed by atoms with Crippen molar-refractivity contribution in [2.24, 2.45) is 0 Å². The SMILES string of the molecule is O=C(c1cnc(NCCc2ccc(CO)cc2)c(Cl)c1)N1CCOCC1. The summed E-state index contributed by atoms with van der Waals surface area (Å²) >= 11 is 6.29. The number of ether oxygens (including phenoxy) is 1. The van der Waals surface area contributed by atoms with E-state index in [-0.39, 0.29) is 12.5 Å². The number of morpholine rings is 1. The lowest BCUT2D eigenvalue weighted by Crippen LogP contribution is -2.40. The van der Waals surface area contributed by atoms with E-state index in [0.29, 0.717) is 49.3 Å². The Morgan fingerprint density at radius 1 is 1.23 bits per heavy atom. The number of hydrogen-bond acceptors (Lipinski definition) is 5. The Balaban J connectivity index is 1.56. The first-order valence-corrected chi connectivity index (χ1v) is 9.00. The zero-order valence-electron chi connectivity index (χ0n) is 14.4. The first kappa shape index (κ1) is 18.6. The summed E-state index contributed by atoms with van der Waals surface area (Å²) in [4.78, 5) is 18.5. The number of nitrogens with zero attached hydrogens (tertiary/aromatic N) is 2. The molecule has 138 valence electrons. The fourth-order valence-corrected chi connectivity index (χ4v) is 3.00. The van der Waals surface area contributed by atoms with Gasteiger partial charge in [-0.2, -0.15) is 0 Å². The molecule has 1 amide bonds. The maximum Gasteiger partial charge on any atom is 0.255 e. The van der Waals surface area contributed by atoms with Gasteiger partial charge < -0.3 is 20.1 Å². The van der Waals surface area contributed by atoms with Crippen molar-refractivity contribution in [2.75, 3.05) is 38.2 Å². The summed E-state index contributed by atoms with van der Waals surface area (Å²) in [6, 6.07) is 9.46. The lowest BCUT2D eigenvalue weighted by Gasteiger charge is -2.26. The highest BCUT2D eigenvalue weighted by molar-refractivity contribution is 6.33. The van der Waals surface area contributed by atoms with Gasteiger partial charge in [0, 0.05) is 25.8 Å². The minimum absolute atomic E-state index is 0.0492. The molecule has 2 N–H and O–H groups in total. The molecule has 1 aliphatic heterocycles. The zero-order valence-corrected chi connectivity index (χ0v) is 15.2. The second-order valence-corrected chi connectivity index (χ2v) is 6.52. The topological polar surface area (TPSA) is 74.7 Å². The van der Waals surface area contributed by atoms with Gasteiger partial charge in [-0.25, -0.2) is 4.98 Å². The lowest BCUT2D eigenvalue weighted by molar-refractivity contribution is 0.0302. The Kier molecular flexibility index (Phi) is 6.44. The van der Waals surface area contributed by atoms with Crippen LogP contribution in [0.2, 0.25) is 5.02 Å². The molecule has 1 aliphatic rings. The number of pyridine rings is 1. The number of benzene rings is 1. The molecule has 2 heterocycles. The Bertz CT molecular complexity index is 746. The van der Waals surface area contributed by atoms with E-state index in [1.54, 1.807) is 17.2 Å². The van der Waals surface area contributed by atoms with Gasteiger partial charge in [-0.1, -0.05) is 35.9 Å². The molecule has 3 rings (SSSR count). The van der Waals surface area contributed by atoms with Gasteiger partial charge in [0.1, 0.15) is 5.82 Å². The third kappa shape index (κ3) is 4.72. The quantitative estimate of drug-likeness (QED) is 0.810. The van der Waals surface area contributed by atoms with Gasteiger partial charge in [-0.15, -0.1) is 0 Å². The minimum atomic E-state index is -0.0711. The van der Waals surface area contributed by atoms with Gasteiger partial charge in [0.25, 0.3) is 5.91 Å². The predicted octanol–water partition coefficient (Wildman–Crippen LogP) is 2.35. The van der Waals surface area contributed by atoms with E-state index in [2.05, 4.69) is 10.3 Å². The molecular formula is C19H22ClN3O3. The van der Waals surface area contributed by atoms with Crippen LogP contribution in [-0.2, 0) is 17.8 Å². The number of amides is 1. The summed E-state index contributed by atoms with van der Waals surface area (Å²) in [5.41, 5.74) is 2.54. The number of nitrogens with one attached hydrogen (secondary N) is 1. The average Bonchev–Trinajstić information content (AvgIpc) is 2.70. The lowest BCUT2D eigenvalue weighted by atomic mass is 10.1. The highest BCUT2D eigenvalue weighted by Gasteiger charge is 2.19. The van der Waals surface area contributed by atoms with E-state index in [9.17, 15) is 4.79 Å². The third-order valence-electron chi connectivity index (χ3n) is 4.30. The van der Waals surface area contributed by atoms with Crippen LogP contribution >= 0.6 is 11.6 Å². The molecule has 6 nitrogen and oxygen atoms in total. The second-order valence-electron chi connectivity index (χ2n) is 6.11. The van der Waals surface area contributed by atoms with Crippen molar-refractivity contribution in [2.45, 2.75) is 13.0 Å². The molecule has 1 aromatic carbocycles. The van der Waals surface area contributed by atoms with Gasteiger partial charge in [0.05, 0.1) is 30.4 Å². The van der Waals surface area contributed by atoms with E-state index >= 15 is 0 Å². The average molecular weight is 376 g/mol. The maximum atomic E-state index is 12.4. The van der Waals surface area contributed by atoms with Crippen molar-refractivity contribution < 1.29 is 14.6 Å². The molecule has 1 fully saturated rings. The van der Waals surface area contributed by atoms with Crippen molar-refractivity contribution in [3.8, 4) is 0 Å². The summed E-state index contributed by atoms with van der Waals surface area (Å²) in [6.07, 6.45) is 2.36. The molecule has 0 spiro atoms. The number of anilines is 1. The molecule has 1 aromatic heterocycles. The number of rotatable bonds is 6. The molecule has 0 unspecified atom stereocenters. The van der Waals surface area contributed by atoms with Crippen molar-refractivity contribution in [1.82, 2.24) is 9.88 Å². The van der Waals surface area contributed by atoms with Crippen molar-refractivity contribution in [3.05, 3.63) is 58.2 Å². The monoisotopic (exact) mass is 375 g/mol. The fourth-order valence-electron chi connectivity index (χ4n) is 2.77. The van der Waals surface area contributed by atoms with E-state index in [4.69, 9.17) is 21.4 Å². The summed E-state index contributed by atoms with van der Waals surface area (Å²) < 4.78 is 5.26. The molecule has 7 heteroatoms. The largest absolute Gasteiger partial charge is 0.392 e. The molecular weight excluding hydrogens is 354 g/mol. The van der Waals surface area contributed by atoms with Crippen LogP contribution in [0.25, 0.3) is 0 Å². The molecule has 2 aromatic rings. The van der Waals surface area contributed by atoms with E-state index in [0.717, 1.165) is 17.5 Å². The first-order chi connectivity index (χ1) is 12.7. The number of carbonyl (C=O) groups excluding carboxylic acids is 1. The maximum absolute atomic E-state index is 12.4. The summed E-state index contributed by atoms with van der Waals surface area (Å²) in [6.45, 7) is 3.02. The van der Waals surface area contributed by atoms with Gasteiger partial charge in [0.2, 0.25) is 0 Å². The predicted molar refractivity (Wildman–Crippen MR) is 101 cm³/mol. The number of aliphatic hydroxyl groups is 1. The summed E-state index contributed by atoms with van der Waals surface area (Å²) in [5, 5.41) is 12.7. The Morgan fingerprint density at radius 2 is 1.92 bits per heavy atom. The molecule has 0 saturated carbocycles. The van der Waals surface area contributed by atoms with Crippen LogP contribution < -0.4 is 5.32 Å². The molecule has 0 bridgehead atoms. The summed E-state index contributed by atoms with van der Waals surface area (Å²) in [5.74, 6) is 0.496. The third-order valence-corrected chi connectivity index (χ3v) is 4.59. The number of aromatic nitrogens is 1. The van der Waals surface area contributed by atoms with Gasteiger partial charge in [0.15, 0.2) is 0 Å². The van der Waals surface area contributed by atoms with Crippen molar-refractivity contribution in [1.29, 1.82) is 0 Å². The van der Waals surface area contributed by atoms with Crippen LogP contribution in [0.1, 0.15) is 21.5 Å². The number of halogens is 1. The standard InChI is InChI=1S/C19H22ClN3O3/c20-17-11-16(19(25)23-7-9-26-10-8-23)12-22-18(17)21-6-5-14-1-3-15(13-24)4-2-14/h1-4,11-12,24H,5-10,13H2,(H,21,22). The highest BCUT2D eigenvalue weighted by atomic mass is 35.5. The van der Waals surface area contributed by atoms with E-state index in [1.165, 1.54) is 0 Å². The molecule has 1 saturated heterocycles. The zero-order chi connectivity index (χ0) is 18.4. The van der Waals surface area contributed by atoms with Gasteiger partial charge in [-0.3, -0.25) is 4.79 Å². The van der Waals surface area contributed by atoms with Gasteiger partial charge >= 0.3 is 0 Å². The van der Waals surface area contributed by atoms with Crippen LogP contribution in [0, 0.1) is 0 Å². The van der Waals surface area contributed by atoms with Crippen LogP contribution in [0.3, 0.4) is 0 Å². The van der Waals surface area contributed by atoms with Crippen LogP contribution in [0.15, 0.2) is 36.5 Å². The van der Waals surface area contributed by atoms with Crippen LogP contribution in [0.5, 0.6) is 0 Å². The van der Waals surface area contributed by atoms with E-state index in [1.807, 2.05) is 24.3 Å². The van der Waals surface area contributed by atoms with Gasteiger partial charge in [-0.05, 0) is 23.6 Å². The number of hydrogen-bond donors (Lipinski definition) is 2. The first-order valence-electron chi connectivity index (χ1n) is 8.62. The summed E-state index contributed by atoms with van der Waals surface area (Å²) in [7, 11) is 0. The van der Waals surface area contributed by atoms with Crippen LogP contribution in [0.4, 0.5) is 5.82 Å². The highest BCUT2D eigenvalue weighted by Crippen LogP contribution is 2.21. The van der Waals surface area contributed by atoms with Crippen molar-refractivity contribution >= 4 is 23.3 Å². The van der Waals surface area contributed by atoms with Crippen LogP contribution in [-0.4, -0.2) is 53.7 Å². The Labute approximate surface area is 157 Å². The fraction of sp³-hybridized carbons (Fsp3) is 0.368. The molecule has 26 heavy (non-hydrogen) atoms. The number of aliphatic hydroxyl groups excluding tert-OH is 1. The van der Waals surface area contributed by atoms with E-state index < -0.39 is 0 Å². The normalized spacial score (nSPS) is 14.3. The number of carbonyl (C=O) groups is 1. The molecule has 0 aliphatic carbocycles. The van der Waals surface area contributed by atoms with Crippen molar-refractivity contribution in [3.63, 3.8) is 0 Å². The minimum Gasteiger partial charge on any atom is -0.392 e. The molecule has 0 radical (unpaired) electrons.